The third-order valence-electron chi connectivity index (χ3n) is 6.17. The first-order valence-corrected chi connectivity index (χ1v) is 10.1. The molecule has 1 saturated heterocycles. The molecular weight excluding hydrogens is 398 g/mol. The number of nitrogens with zero attached hydrogens (tertiary/aromatic N) is 2. The van der Waals surface area contributed by atoms with Crippen molar-refractivity contribution in [1.29, 1.82) is 0 Å². The van der Waals surface area contributed by atoms with E-state index in [-0.39, 0.29) is 24.0 Å². The molecule has 2 aromatic carbocycles. The van der Waals surface area contributed by atoms with E-state index < -0.39 is 11.6 Å². The number of imidazole rings is 1. The number of carbonyl (C=O) groups excluding carboxylic acids is 3. The number of imide groups is 1. The zero-order valence-electron chi connectivity index (χ0n) is 16.9. The molecule has 9 nitrogen and oxygen atoms in total. The maximum atomic E-state index is 12.7. The molecule has 1 unspecified atom stereocenters. The lowest BCUT2D eigenvalue weighted by molar-refractivity contribution is -0.124. The summed E-state index contributed by atoms with van der Waals surface area (Å²) in [7, 11) is 1.68. The van der Waals surface area contributed by atoms with Crippen molar-refractivity contribution in [3.63, 3.8) is 0 Å². The lowest BCUT2D eigenvalue weighted by atomic mass is 9.78. The first-order chi connectivity index (χ1) is 14.9. The highest BCUT2D eigenvalue weighted by Gasteiger charge is 2.47. The maximum Gasteiger partial charge on any atom is 0.329 e. The molecule has 2 aliphatic rings. The van der Waals surface area contributed by atoms with Crippen molar-refractivity contribution in [2.45, 2.75) is 31.3 Å². The molecule has 5 rings (SSSR count). The Bertz CT molecular complexity index is 1320. The van der Waals surface area contributed by atoms with Crippen LogP contribution in [0, 0.1) is 0 Å². The third-order valence-corrected chi connectivity index (χ3v) is 6.17. The third kappa shape index (κ3) is 3.09. The molecule has 1 aliphatic carbocycles. The predicted octanol–water partition coefficient (Wildman–Crippen LogP) is 1.05. The highest BCUT2D eigenvalue weighted by atomic mass is 16.2. The number of amides is 4. The van der Waals surface area contributed by atoms with Gasteiger partial charge >= 0.3 is 11.7 Å². The summed E-state index contributed by atoms with van der Waals surface area (Å²) in [6.07, 6.45) is 1.56. The highest BCUT2D eigenvalue weighted by Crippen LogP contribution is 2.32. The second-order valence-electron chi connectivity index (χ2n) is 8.12. The number of fused-ring (bicyclic) bond motifs is 2. The van der Waals surface area contributed by atoms with E-state index in [1.165, 1.54) is 9.13 Å². The highest BCUT2D eigenvalue weighted by molar-refractivity contribution is 6.07. The second kappa shape index (κ2) is 6.83. The van der Waals surface area contributed by atoms with Crippen molar-refractivity contribution in [3.05, 3.63) is 64.1 Å². The van der Waals surface area contributed by atoms with Crippen LogP contribution in [0.4, 0.5) is 10.5 Å². The zero-order valence-corrected chi connectivity index (χ0v) is 16.9. The molecule has 1 atom stereocenters. The number of aryl methyl sites for hydroxylation is 2. The van der Waals surface area contributed by atoms with Gasteiger partial charge in [0.15, 0.2) is 0 Å². The van der Waals surface area contributed by atoms with Crippen LogP contribution >= 0.6 is 0 Å². The molecule has 2 heterocycles. The van der Waals surface area contributed by atoms with Crippen LogP contribution in [0.15, 0.2) is 47.3 Å². The van der Waals surface area contributed by atoms with Crippen LogP contribution in [0.1, 0.15) is 17.5 Å². The van der Waals surface area contributed by atoms with E-state index in [1.807, 2.05) is 42.5 Å². The Morgan fingerprint density at radius 3 is 2.61 bits per heavy atom. The quantitative estimate of drug-likeness (QED) is 0.551. The number of para-hydroxylation sites is 2. The number of anilines is 1. The summed E-state index contributed by atoms with van der Waals surface area (Å²) in [6.45, 7) is -0.111. The molecule has 1 aromatic heterocycles. The predicted molar refractivity (Wildman–Crippen MR) is 114 cm³/mol. The van der Waals surface area contributed by atoms with Crippen LogP contribution in [0.2, 0.25) is 0 Å². The van der Waals surface area contributed by atoms with E-state index in [0.29, 0.717) is 30.5 Å². The molecule has 0 bridgehead atoms. The summed E-state index contributed by atoms with van der Waals surface area (Å²) in [4.78, 5) is 49.1. The monoisotopic (exact) mass is 419 g/mol. The van der Waals surface area contributed by atoms with Gasteiger partial charge in [0, 0.05) is 19.2 Å². The molecule has 1 fully saturated rings. The van der Waals surface area contributed by atoms with E-state index >= 15 is 0 Å². The van der Waals surface area contributed by atoms with Gasteiger partial charge in [-0.3, -0.25) is 24.0 Å². The standard InChI is InChI=1S/C22H21N5O4/c1-26-16-4-2-3-5-17(16)27(21(26)31)12-18(28)23-15-7-6-13-8-9-22(11-14(13)10-15)19(29)24-20(30)25-22/h2-7,10H,8-9,11-12H2,1H3,(H,23,28)(H2,24,25,29,30). The fourth-order valence-electron chi connectivity index (χ4n) is 4.56. The minimum Gasteiger partial charge on any atom is -0.325 e. The number of benzene rings is 2. The number of aromatic nitrogens is 2. The Hall–Kier alpha value is -3.88. The summed E-state index contributed by atoms with van der Waals surface area (Å²) in [6, 6.07) is 12.4. The van der Waals surface area contributed by atoms with Crippen LogP contribution in [0.3, 0.4) is 0 Å². The fourth-order valence-corrected chi connectivity index (χ4v) is 4.56. The van der Waals surface area contributed by atoms with Gasteiger partial charge in [-0.15, -0.1) is 0 Å². The first kappa shape index (κ1) is 19.1. The normalized spacial score (nSPS) is 19.9. The van der Waals surface area contributed by atoms with Crippen molar-refractivity contribution in [1.82, 2.24) is 19.8 Å². The summed E-state index contributed by atoms with van der Waals surface area (Å²) in [5.41, 5.74) is 2.84. The van der Waals surface area contributed by atoms with E-state index in [9.17, 15) is 19.2 Å². The van der Waals surface area contributed by atoms with Crippen molar-refractivity contribution < 1.29 is 14.4 Å². The fraction of sp³-hybridized carbons (Fsp3) is 0.273. The topological polar surface area (TPSA) is 114 Å². The zero-order chi connectivity index (χ0) is 21.8. The summed E-state index contributed by atoms with van der Waals surface area (Å²) in [5.74, 6) is -0.635. The number of carbonyl (C=O) groups is 3. The molecule has 1 aliphatic heterocycles. The van der Waals surface area contributed by atoms with Crippen molar-refractivity contribution in [2.24, 2.45) is 7.05 Å². The van der Waals surface area contributed by atoms with Gasteiger partial charge in [-0.05, 0) is 48.2 Å². The lowest BCUT2D eigenvalue weighted by Crippen LogP contribution is -2.51. The van der Waals surface area contributed by atoms with Crippen LogP contribution in [-0.2, 0) is 36.0 Å². The SMILES string of the molecule is Cn1c(=O)n(CC(=O)Nc2ccc3c(c2)CC2(CC3)NC(=O)NC2=O)c2ccccc21. The number of rotatable bonds is 3. The molecular formula is C22H21N5O4. The van der Waals surface area contributed by atoms with Crippen molar-refractivity contribution >= 4 is 34.6 Å². The molecule has 3 N–H and O–H groups in total. The van der Waals surface area contributed by atoms with Crippen molar-refractivity contribution in [3.8, 4) is 0 Å². The van der Waals surface area contributed by atoms with E-state index in [4.69, 9.17) is 0 Å². The smallest absolute Gasteiger partial charge is 0.325 e. The summed E-state index contributed by atoms with van der Waals surface area (Å²) >= 11 is 0. The van der Waals surface area contributed by atoms with Gasteiger partial charge in [-0.2, -0.15) is 0 Å². The molecule has 0 saturated carbocycles. The van der Waals surface area contributed by atoms with E-state index in [0.717, 1.165) is 16.6 Å². The van der Waals surface area contributed by atoms with Crippen LogP contribution in [0.25, 0.3) is 11.0 Å². The first-order valence-electron chi connectivity index (χ1n) is 10.1. The van der Waals surface area contributed by atoms with Gasteiger partial charge in [0.2, 0.25) is 5.91 Å². The maximum absolute atomic E-state index is 12.7. The van der Waals surface area contributed by atoms with Gasteiger partial charge in [0.1, 0.15) is 12.1 Å². The largest absolute Gasteiger partial charge is 0.329 e. The molecule has 31 heavy (non-hydrogen) atoms. The second-order valence-corrected chi connectivity index (χ2v) is 8.12. The van der Waals surface area contributed by atoms with Gasteiger partial charge in [0.05, 0.1) is 11.0 Å². The summed E-state index contributed by atoms with van der Waals surface area (Å²) in [5, 5.41) is 7.91. The van der Waals surface area contributed by atoms with Gasteiger partial charge < -0.3 is 10.6 Å². The Balaban J connectivity index is 1.37. The van der Waals surface area contributed by atoms with E-state index in [2.05, 4.69) is 16.0 Å². The number of hydrogen-bond donors (Lipinski definition) is 3. The number of hydrogen-bond acceptors (Lipinski definition) is 4. The Kier molecular flexibility index (Phi) is 4.21. The average Bonchev–Trinajstić information content (AvgIpc) is 3.15. The Morgan fingerprint density at radius 1 is 1.10 bits per heavy atom. The molecule has 0 radical (unpaired) electrons. The number of nitrogens with one attached hydrogen (secondary N) is 3. The van der Waals surface area contributed by atoms with Gasteiger partial charge in [0.25, 0.3) is 5.91 Å². The Labute approximate surface area is 177 Å². The van der Waals surface area contributed by atoms with Gasteiger partial charge in [-0.25, -0.2) is 9.59 Å². The average molecular weight is 419 g/mol. The number of urea groups is 1. The molecule has 1 spiro atoms. The van der Waals surface area contributed by atoms with Gasteiger partial charge in [-0.1, -0.05) is 18.2 Å². The van der Waals surface area contributed by atoms with Crippen LogP contribution < -0.4 is 21.6 Å². The summed E-state index contributed by atoms with van der Waals surface area (Å²) < 4.78 is 2.96. The minimum atomic E-state index is -0.928. The molecule has 158 valence electrons. The molecule has 4 amide bonds. The lowest BCUT2D eigenvalue weighted by Gasteiger charge is -2.32. The van der Waals surface area contributed by atoms with E-state index in [1.54, 1.807) is 7.05 Å². The van der Waals surface area contributed by atoms with Crippen LogP contribution in [0.5, 0.6) is 0 Å². The molecule has 9 heteroatoms. The van der Waals surface area contributed by atoms with Crippen molar-refractivity contribution in [2.75, 3.05) is 5.32 Å². The van der Waals surface area contributed by atoms with Crippen LogP contribution in [-0.4, -0.2) is 32.5 Å². The molecule has 3 aromatic rings. The Morgan fingerprint density at radius 2 is 1.87 bits per heavy atom. The minimum absolute atomic E-state index is 0.111.